The summed E-state index contributed by atoms with van der Waals surface area (Å²) in [4.78, 5) is 13.8. The van der Waals surface area contributed by atoms with Crippen LogP contribution >= 0.6 is 11.6 Å². The lowest BCUT2D eigenvalue weighted by atomic mass is 10.1. The van der Waals surface area contributed by atoms with Crippen molar-refractivity contribution in [1.82, 2.24) is 14.9 Å². The normalized spacial score (nSPS) is 11.2. The molecule has 0 spiro atoms. The Kier molecular flexibility index (Phi) is 7.02. The Bertz CT molecular complexity index is 837. The van der Waals surface area contributed by atoms with E-state index in [1.165, 1.54) is 7.05 Å². The van der Waals surface area contributed by atoms with Gasteiger partial charge in [0.25, 0.3) is 0 Å². The van der Waals surface area contributed by atoms with Crippen molar-refractivity contribution in [3.05, 3.63) is 70.2 Å². The van der Waals surface area contributed by atoms with Gasteiger partial charge in [0.2, 0.25) is 10.0 Å². The molecule has 0 aliphatic carbocycles. The van der Waals surface area contributed by atoms with Gasteiger partial charge in [0, 0.05) is 25.2 Å². The molecular formula is C18H22ClN3O3S. The molecule has 0 fully saturated rings. The minimum atomic E-state index is -3.29. The second-order valence-electron chi connectivity index (χ2n) is 5.92. The maximum Gasteiger partial charge on any atom is 0.317 e. The summed E-state index contributed by atoms with van der Waals surface area (Å²) in [7, 11) is -0.183. The van der Waals surface area contributed by atoms with Crippen LogP contribution in [-0.4, -0.2) is 33.4 Å². The molecular weight excluding hydrogens is 374 g/mol. The lowest BCUT2D eigenvalue weighted by molar-refractivity contribution is 0.206. The Morgan fingerprint density at radius 3 is 2.12 bits per heavy atom. The zero-order valence-electron chi connectivity index (χ0n) is 14.7. The van der Waals surface area contributed by atoms with Gasteiger partial charge < -0.3 is 10.2 Å². The molecule has 2 rings (SSSR count). The lowest BCUT2D eigenvalue weighted by Crippen LogP contribution is -2.36. The van der Waals surface area contributed by atoms with Crippen LogP contribution in [0.5, 0.6) is 0 Å². The van der Waals surface area contributed by atoms with Gasteiger partial charge in [-0.15, -0.1) is 0 Å². The van der Waals surface area contributed by atoms with Crippen molar-refractivity contribution < 1.29 is 13.2 Å². The highest BCUT2D eigenvalue weighted by molar-refractivity contribution is 7.88. The van der Waals surface area contributed by atoms with E-state index in [0.29, 0.717) is 23.7 Å². The van der Waals surface area contributed by atoms with Crippen molar-refractivity contribution in [1.29, 1.82) is 0 Å². The van der Waals surface area contributed by atoms with Crippen LogP contribution in [0.25, 0.3) is 0 Å². The second kappa shape index (κ2) is 9.02. The third-order valence-corrected chi connectivity index (χ3v) is 5.40. The third-order valence-electron chi connectivity index (χ3n) is 3.81. The molecule has 26 heavy (non-hydrogen) atoms. The Labute approximate surface area is 159 Å². The van der Waals surface area contributed by atoms with Gasteiger partial charge in [0.1, 0.15) is 0 Å². The Hall–Kier alpha value is -2.09. The van der Waals surface area contributed by atoms with Crippen LogP contribution in [0.2, 0.25) is 5.02 Å². The highest BCUT2D eigenvalue weighted by atomic mass is 35.5. The molecule has 0 heterocycles. The number of benzene rings is 2. The number of hydrogen-bond donors (Lipinski definition) is 2. The predicted molar refractivity (Wildman–Crippen MR) is 103 cm³/mol. The van der Waals surface area contributed by atoms with Crippen LogP contribution in [-0.2, 0) is 28.9 Å². The van der Waals surface area contributed by atoms with Crippen molar-refractivity contribution >= 4 is 27.7 Å². The SMILES string of the molecule is CNS(=O)(=O)Cc1ccc(CNC(=O)N(C)Cc2ccc(Cl)cc2)cc1. The topological polar surface area (TPSA) is 78.5 Å². The molecule has 2 aromatic rings. The van der Waals surface area contributed by atoms with Crippen molar-refractivity contribution in [2.45, 2.75) is 18.8 Å². The zero-order valence-corrected chi connectivity index (χ0v) is 16.3. The maximum atomic E-state index is 12.2. The van der Waals surface area contributed by atoms with Crippen LogP contribution in [0.15, 0.2) is 48.5 Å². The Morgan fingerprint density at radius 2 is 1.54 bits per heavy atom. The van der Waals surface area contributed by atoms with E-state index in [9.17, 15) is 13.2 Å². The van der Waals surface area contributed by atoms with Gasteiger partial charge in [-0.25, -0.2) is 17.9 Å². The number of hydrogen-bond acceptors (Lipinski definition) is 3. The monoisotopic (exact) mass is 395 g/mol. The summed E-state index contributed by atoms with van der Waals surface area (Å²) in [6.07, 6.45) is 0. The molecule has 2 aromatic carbocycles. The fourth-order valence-electron chi connectivity index (χ4n) is 2.29. The smallest absolute Gasteiger partial charge is 0.317 e. The van der Waals surface area contributed by atoms with E-state index >= 15 is 0 Å². The van der Waals surface area contributed by atoms with Crippen LogP contribution < -0.4 is 10.0 Å². The van der Waals surface area contributed by atoms with Gasteiger partial charge in [-0.1, -0.05) is 48.0 Å². The fourth-order valence-corrected chi connectivity index (χ4v) is 3.19. The molecule has 0 aromatic heterocycles. The molecule has 0 saturated carbocycles. The van der Waals surface area contributed by atoms with E-state index in [1.807, 2.05) is 12.1 Å². The Balaban J connectivity index is 1.85. The summed E-state index contributed by atoms with van der Waals surface area (Å²) in [5.74, 6) is -0.0695. The standard InChI is InChI=1S/C18H22ClN3O3S/c1-20-26(24,25)13-16-5-3-14(4-6-16)11-21-18(23)22(2)12-15-7-9-17(19)10-8-15/h3-10,20H,11-13H2,1-2H3,(H,21,23). The van der Waals surface area contributed by atoms with E-state index in [0.717, 1.165) is 11.1 Å². The predicted octanol–water partition coefficient (Wildman–Crippen LogP) is 2.73. The van der Waals surface area contributed by atoms with Crippen LogP contribution in [0.1, 0.15) is 16.7 Å². The molecule has 140 valence electrons. The highest BCUT2D eigenvalue weighted by Gasteiger charge is 2.10. The first-order valence-electron chi connectivity index (χ1n) is 8.01. The van der Waals surface area contributed by atoms with Gasteiger partial charge in [0.05, 0.1) is 5.75 Å². The first-order valence-corrected chi connectivity index (χ1v) is 10.0. The average molecular weight is 396 g/mol. The van der Waals surface area contributed by atoms with E-state index in [4.69, 9.17) is 11.6 Å². The Morgan fingerprint density at radius 1 is 1.00 bits per heavy atom. The molecule has 0 aliphatic heterocycles. The first kappa shape index (κ1) is 20.2. The molecule has 0 bridgehead atoms. The van der Waals surface area contributed by atoms with Crippen molar-refractivity contribution in [3.8, 4) is 0 Å². The lowest BCUT2D eigenvalue weighted by Gasteiger charge is -2.18. The minimum Gasteiger partial charge on any atom is -0.334 e. The summed E-state index contributed by atoms with van der Waals surface area (Å²) >= 11 is 5.85. The van der Waals surface area contributed by atoms with Crippen molar-refractivity contribution in [3.63, 3.8) is 0 Å². The molecule has 6 nitrogen and oxygen atoms in total. The second-order valence-corrected chi connectivity index (χ2v) is 8.28. The van der Waals surface area contributed by atoms with Gasteiger partial charge in [0.15, 0.2) is 0 Å². The number of amides is 2. The van der Waals surface area contributed by atoms with Crippen LogP contribution in [0.3, 0.4) is 0 Å². The number of sulfonamides is 1. The quantitative estimate of drug-likeness (QED) is 0.756. The van der Waals surface area contributed by atoms with Crippen molar-refractivity contribution in [2.75, 3.05) is 14.1 Å². The molecule has 2 N–H and O–H groups in total. The van der Waals surface area contributed by atoms with Gasteiger partial charge in [-0.2, -0.15) is 0 Å². The molecule has 0 radical (unpaired) electrons. The van der Waals surface area contributed by atoms with E-state index < -0.39 is 10.0 Å². The third kappa shape index (κ3) is 6.33. The molecule has 0 aliphatic rings. The summed E-state index contributed by atoms with van der Waals surface area (Å²) in [6, 6.07) is 14.2. The number of nitrogens with one attached hydrogen (secondary N) is 2. The van der Waals surface area contributed by atoms with E-state index in [2.05, 4.69) is 10.0 Å². The summed E-state index contributed by atoms with van der Waals surface area (Å²) < 4.78 is 25.3. The highest BCUT2D eigenvalue weighted by Crippen LogP contribution is 2.11. The molecule has 8 heteroatoms. The molecule has 0 saturated heterocycles. The van der Waals surface area contributed by atoms with Crippen LogP contribution in [0, 0.1) is 0 Å². The summed E-state index contributed by atoms with van der Waals surface area (Å²) in [6.45, 7) is 0.840. The van der Waals surface area contributed by atoms with Gasteiger partial charge >= 0.3 is 6.03 Å². The molecule has 2 amide bonds. The van der Waals surface area contributed by atoms with Gasteiger partial charge in [-0.3, -0.25) is 0 Å². The average Bonchev–Trinajstić information content (AvgIpc) is 2.62. The number of carbonyl (C=O) groups is 1. The molecule has 0 unspecified atom stereocenters. The molecule has 0 atom stereocenters. The first-order chi connectivity index (χ1) is 12.3. The maximum absolute atomic E-state index is 12.2. The number of carbonyl (C=O) groups excluding carboxylic acids is 1. The zero-order chi connectivity index (χ0) is 19.2. The van der Waals surface area contributed by atoms with Crippen molar-refractivity contribution in [2.24, 2.45) is 0 Å². The fraction of sp³-hybridized carbons (Fsp3) is 0.278. The van der Waals surface area contributed by atoms with Crippen LogP contribution in [0.4, 0.5) is 4.79 Å². The van der Waals surface area contributed by atoms with E-state index in [1.54, 1.807) is 48.3 Å². The van der Waals surface area contributed by atoms with E-state index in [-0.39, 0.29) is 11.8 Å². The number of rotatable bonds is 7. The summed E-state index contributed by atoms with van der Waals surface area (Å²) in [5.41, 5.74) is 2.57. The number of urea groups is 1. The largest absolute Gasteiger partial charge is 0.334 e. The van der Waals surface area contributed by atoms with Gasteiger partial charge in [-0.05, 0) is 35.9 Å². The summed E-state index contributed by atoms with van der Waals surface area (Å²) in [5, 5.41) is 3.50. The number of halogens is 1. The number of nitrogens with zero attached hydrogens (tertiary/aromatic N) is 1. The minimum absolute atomic E-state index is 0.0695.